The Balaban J connectivity index is 2.75. The molecule has 4 nitrogen and oxygen atoms in total. The molecule has 0 bridgehead atoms. The van der Waals surface area contributed by atoms with E-state index in [0.717, 1.165) is 11.1 Å². The number of aryl methyl sites for hydroxylation is 1. The van der Waals surface area contributed by atoms with Crippen molar-refractivity contribution < 1.29 is 14.7 Å². The van der Waals surface area contributed by atoms with Gasteiger partial charge < -0.3 is 10.0 Å². The summed E-state index contributed by atoms with van der Waals surface area (Å²) in [5.74, 6) is -1.30. The van der Waals surface area contributed by atoms with E-state index in [0.29, 0.717) is 0 Å². The molecule has 0 aromatic heterocycles. The number of carbonyl (C=O) groups excluding carboxylic acids is 1. The Hall–Kier alpha value is -2.10. The smallest absolute Gasteiger partial charge is 0.323 e. The Morgan fingerprint density at radius 1 is 1.26 bits per heavy atom. The van der Waals surface area contributed by atoms with Crippen LogP contribution in [0.1, 0.15) is 25.0 Å². The maximum absolute atomic E-state index is 11.9. The third-order valence-electron chi connectivity index (χ3n) is 2.71. The maximum Gasteiger partial charge on any atom is 0.323 e. The Morgan fingerprint density at radius 2 is 1.84 bits per heavy atom. The summed E-state index contributed by atoms with van der Waals surface area (Å²) in [7, 11) is 0. The van der Waals surface area contributed by atoms with Gasteiger partial charge in [-0.05, 0) is 32.4 Å². The summed E-state index contributed by atoms with van der Waals surface area (Å²) in [5, 5.41) is 8.78. The van der Waals surface area contributed by atoms with E-state index in [2.05, 4.69) is 0 Å². The molecule has 1 aromatic carbocycles. The average Bonchev–Trinajstić information content (AvgIpc) is 2.34. The quantitative estimate of drug-likeness (QED) is 0.828. The first-order valence-electron chi connectivity index (χ1n) is 6.17. The van der Waals surface area contributed by atoms with Gasteiger partial charge in [-0.2, -0.15) is 0 Å². The van der Waals surface area contributed by atoms with Gasteiger partial charge in [0.25, 0.3) is 0 Å². The lowest BCUT2D eigenvalue weighted by Crippen LogP contribution is -2.39. The van der Waals surface area contributed by atoms with Crippen molar-refractivity contribution in [1.82, 2.24) is 4.90 Å². The predicted octanol–water partition coefficient (Wildman–Crippen LogP) is 2.33. The van der Waals surface area contributed by atoms with Crippen molar-refractivity contribution in [2.24, 2.45) is 0 Å². The van der Waals surface area contributed by atoms with Crippen molar-refractivity contribution in [1.29, 1.82) is 0 Å². The van der Waals surface area contributed by atoms with Gasteiger partial charge in [-0.25, -0.2) is 0 Å². The van der Waals surface area contributed by atoms with Crippen molar-refractivity contribution in [3.8, 4) is 0 Å². The number of nitrogens with zero attached hydrogens (tertiary/aromatic N) is 1. The SMILES string of the molecule is Cc1ccc(/C=C/C(=O)N(CC(=O)O)C(C)C)cc1. The summed E-state index contributed by atoms with van der Waals surface area (Å²) in [6.45, 7) is 5.29. The minimum atomic E-state index is -1.01. The molecule has 1 rings (SSSR count). The highest BCUT2D eigenvalue weighted by Crippen LogP contribution is 2.06. The van der Waals surface area contributed by atoms with E-state index in [1.165, 1.54) is 11.0 Å². The zero-order valence-corrected chi connectivity index (χ0v) is 11.5. The van der Waals surface area contributed by atoms with Gasteiger partial charge in [0.2, 0.25) is 5.91 Å². The molecule has 0 saturated heterocycles. The van der Waals surface area contributed by atoms with Crippen LogP contribution in [0.3, 0.4) is 0 Å². The van der Waals surface area contributed by atoms with E-state index in [1.54, 1.807) is 19.9 Å². The van der Waals surface area contributed by atoms with E-state index in [-0.39, 0.29) is 18.5 Å². The lowest BCUT2D eigenvalue weighted by molar-refractivity contribution is -0.143. The molecule has 0 heterocycles. The summed E-state index contributed by atoms with van der Waals surface area (Å²) in [6, 6.07) is 7.60. The highest BCUT2D eigenvalue weighted by Gasteiger charge is 2.17. The Kier molecular flexibility index (Phi) is 5.30. The second kappa shape index (κ2) is 6.73. The van der Waals surface area contributed by atoms with Crippen molar-refractivity contribution >= 4 is 18.0 Å². The number of carboxylic acids is 1. The molecule has 0 aliphatic heterocycles. The van der Waals surface area contributed by atoms with Gasteiger partial charge in [0, 0.05) is 12.1 Å². The van der Waals surface area contributed by atoms with Gasteiger partial charge in [0.15, 0.2) is 0 Å². The van der Waals surface area contributed by atoms with Gasteiger partial charge >= 0.3 is 5.97 Å². The number of benzene rings is 1. The molecule has 0 radical (unpaired) electrons. The fourth-order valence-electron chi connectivity index (χ4n) is 1.60. The molecule has 102 valence electrons. The second-order valence-electron chi connectivity index (χ2n) is 4.70. The van der Waals surface area contributed by atoms with Crippen LogP contribution in [0.2, 0.25) is 0 Å². The van der Waals surface area contributed by atoms with Gasteiger partial charge in [0.1, 0.15) is 6.54 Å². The highest BCUT2D eigenvalue weighted by atomic mass is 16.4. The number of hydrogen-bond acceptors (Lipinski definition) is 2. The third kappa shape index (κ3) is 4.95. The number of carboxylic acid groups (broad SMARTS) is 1. The first-order chi connectivity index (χ1) is 8.90. The summed E-state index contributed by atoms with van der Waals surface area (Å²) in [6.07, 6.45) is 3.10. The van der Waals surface area contributed by atoms with Crippen LogP contribution in [-0.2, 0) is 9.59 Å². The molecule has 0 aliphatic carbocycles. The molecule has 0 atom stereocenters. The number of carbonyl (C=O) groups is 2. The number of rotatable bonds is 5. The number of hydrogen-bond donors (Lipinski definition) is 1. The van der Waals surface area contributed by atoms with Crippen LogP contribution >= 0.6 is 0 Å². The van der Waals surface area contributed by atoms with Gasteiger partial charge in [-0.3, -0.25) is 9.59 Å². The summed E-state index contributed by atoms with van der Waals surface area (Å²) in [4.78, 5) is 24.0. The van der Waals surface area contributed by atoms with Gasteiger partial charge in [0.05, 0.1) is 0 Å². The number of aliphatic carboxylic acids is 1. The van der Waals surface area contributed by atoms with Crippen LogP contribution < -0.4 is 0 Å². The van der Waals surface area contributed by atoms with E-state index in [1.807, 2.05) is 31.2 Å². The van der Waals surface area contributed by atoms with Crippen LogP contribution in [0.4, 0.5) is 0 Å². The van der Waals surface area contributed by atoms with Crippen molar-refractivity contribution in [2.75, 3.05) is 6.54 Å². The maximum atomic E-state index is 11.9. The molecule has 0 fully saturated rings. The zero-order chi connectivity index (χ0) is 14.4. The average molecular weight is 261 g/mol. The van der Waals surface area contributed by atoms with Gasteiger partial charge in [-0.15, -0.1) is 0 Å². The summed E-state index contributed by atoms with van der Waals surface area (Å²) < 4.78 is 0. The monoisotopic (exact) mass is 261 g/mol. The minimum Gasteiger partial charge on any atom is -0.480 e. The Labute approximate surface area is 113 Å². The first kappa shape index (κ1) is 15.0. The predicted molar refractivity (Wildman–Crippen MR) is 74.7 cm³/mol. The molecule has 1 N–H and O–H groups in total. The summed E-state index contributed by atoms with van der Waals surface area (Å²) >= 11 is 0. The Morgan fingerprint density at radius 3 is 2.32 bits per heavy atom. The zero-order valence-electron chi connectivity index (χ0n) is 11.5. The summed E-state index contributed by atoms with van der Waals surface area (Å²) in [5.41, 5.74) is 2.07. The molecule has 0 spiro atoms. The largest absolute Gasteiger partial charge is 0.480 e. The highest BCUT2D eigenvalue weighted by molar-refractivity contribution is 5.93. The van der Waals surface area contributed by atoms with E-state index in [9.17, 15) is 9.59 Å². The first-order valence-corrected chi connectivity index (χ1v) is 6.17. The molecule has 4 heteroatoms. The standard InChI is InChI=1S/C15H19NO3/c1-11(2)16(10-15(18)19)14(17)9-8-13-6-4-12(3)5-7-13/h4-9,11H,10H2,1-3H3,(H,18,19)/b9-8+. The second-order valence-corrected chi connectivity index (χ2v) is 4.70. The molecule has 0 unspecified atom stereocenters. The molecule has 0 saturated carbocycles. The van der Waals surface area contributed by atoms with Crippen LogP contribution in [0.15, 0.2) is 30.3 Å². The molecular formula is C15H19NO3. The van der Waals surface area contributed by atoms with Crippen LogP contribution in [0, 0.1) is 6.92 Å². The van der Waals surface area contributed by atoms with Crippen LogP contribution in [0.5, 0.6) is 0 Å². The van der Waals surface area contributed by atoms with E-state index in [4.69, 9.17) is 5.11 Å². The number of amides is 1. The van der Waals surface area contributed by atoms with Crippen molar-refractivity contribution in [3.05, 3.63) is 41.5 Å². The van der Waals surface area contributed by atoms with Crippen molar-refractivity contribution in [2.45, 2.75) is 26.8 Å². The fraction of sp³-hybridized carbons (Fsp3) is 0.333. The van der Waals surface area contributed by atoms with E-state index < -0.39 is 5.97 Å². The van der Waals surface area contributed by atoms with E-state index >= 15 is 0 Å². The molecule has 19 heavy (non-hydrogen) atoms. The van der Waals surface area contributed by atoms with Crippen LogP contribution in [0.25, 0.3) is 6.08 Å². The lowest BCUT2D eigenvalue weighted by atomic mass is 10.1. The third-order valence-corrected chi connectivity index (χ3v) is 2.71. The minimum absolute atomic E-state index is 0.147. The molecule has 1 aromatic rings. The normalized spacial score (nSPS) is 10.9. The molecule has 0 aliphatic rings. The lowest BCUT2D eigenvalue weighted by Gasteiger charge is -2.23. The van der Waals surface area contributed by atoms with Gasteiger partial charge in [-0.1, -0.05) is 29.8 Å². The van der Waals surface area contributed by atoms with Crippen molar-refractivity contribution in [3.63, 3.8) is 0 Å². The molecule has 1 amide bonds. The topological polar surface area (TPSA) is 57.6 Å². The fourth-order valence-corrected chi connectivity index (χ4v) is 1.60. The molecular weight excluding hydrogens is 242 g/mol. The Bertz CT molecular complexity index is 475. The van der Waals surface area contributed by atoms with Crippen LogP contribution in [-0.4, -0.2) is 34.5 Å².